The van der Waals surface area contributed by atoms with E-state index in [2.05, 4.69) is 39.6 Å². The van der Waals surface area contributed by atoms with Gasteiger partial charge >= 0.3 is 5.97 Å². The minimum absolute atomic E-state index is 0.0590. The molecule has 0 aromatic rings. The number of likely N-dealkylation sites (tertiary alicyclic amines) is 1. The van der Waals surface area contributed by atoms with Crippen LogP contribution in [0.2, 0.25) is 0 Å². The van der Waals surface area contributed by atoms with Gasteiger partial charge < -0.3 is 4.74 Å². The third-order valence-electron chi connectivity index (χ3n) is 3.60. The van der Waals surface area contributed by atoms with Gasteiger partial charge in [0.2, 0.25) is 0 Å². The summed E-state index contributed by atoms with van der Waals surface area (Å²) in [5.41, 5.74) is 0.170. The summed E-state index contributed by atoms with van der Waals surface area (Å²) in [5, 5.41) is 0. The van der Waals surface area contributed by atoms with Gasteiger partial charge in [0, 0.05) is 30.8 Å². The van der Waals surface area contributed by atoms with E-state index in [0.717, 1.165) is 12.8 Å². The lowest BCUT2D eigenvalue weighted by atomic mass is 9.79. The van der Waals surface area contributed by atoms with Gasteiger partial charge in [0.25, 0.3) is 0 Å². The predicted octanol–water partition coefficient (Wildman–Crippen LogP) is 3.23. The van der Waals surface area contributed by atoms with Crippen molar-refractivity contribution < 1.29 is 9.53 Å². The normalized spacial score (nSPS) is 23.5. The molecule has 3 nitrogen and oxygen atoms in total. The maximum Gasteiger partial charge on any atom is 0.302 e. The van der Waals surface area contributed by atoms with E-state index in [4.69, 9.17) is 4.74 Å². The van der Waals surface area contributed by atoms with Gasteiger partial charge in [-0.25, -0.2) is 0 Å². The Hall–Kier alpha value is -0.570. The molecule has 0 aromatic carbocycles. The maximum absolute atomic E-state index is 11.0. The molecule has 0 N–H and O–H groups in total. The first kappa shape index (κ1) is 16.4. The minimum atomic E-state index is -0.170. The monoisotopic (exact) mass is 243 g/mol. The van der Waals surface area contributed by atoms with Gasteiger partial charge in [0.05, 0.1) is 0 Å². The Kier molecular flexibility index (Phi) is 5.66. The molecule has 0 unspecified atom stereocenters. The zero-order valence-electron chi connectivity index (χ0n) is 12.8. The molecule has 1 rings (SSSR count). The first-order valence-corrected chi connectivity index (χ1v) is 6.56. The molecule has 0 bridgehead atoms. The Morgan fingerprint density at radius 2 is 1.47 bits per heavy atom. The van der Waals surface area contributed by atoms with E-state index in [0.29, 0.717) is 0 Å². The van der Waals surface area contributed by atoms with Gasteiger partial charge in [0.1, 0.15) is 6.10 Å². The van der Waals surface area contributed by atoms with Gasteiger partial charge in [-0.3, -0.25) is 9.69 Å². The summed E-state index contributed by atoms with van der Waals surface area (Å²) in [7, 11) is 2.14. The molecule has 0 spiro atoms. The number of hydrogen-bond acceptors (Lipinski definition) is 3. The first-order chi connectivity index (χ1) is 7.65. The van der Waals surface area contributed by atoms with Crippen molar-refractivity contribution in [2.75, 3.05) is 7.05 Å². The highest BCUT2D eigenvalue weighted by atomic mass is 16.5. The Morgan fingerprint density at radius 1 is 1.12 bits per heavy atom. The standard InChI is InChI=1S/C12H23NO2.C2H6/c1-9(14)15-10-7-11(2,3)13(6)12(4,5)8-10;1-2/h10H,7-8H2,1-6H3;1-2H3. The van der Waals surface area contributed by atoms with Gasteiger partial charge in [-0.15, -0.1) is 0 Å². The molecule has 1 saturated heterocycles. The summed E-state index contributed by atoms with van der Waals surface area (Å²) in [6.45, 7) is 14.3. The number of ether oxygens (including phenoxy) is 1. The van der Waals surface area contributed by atoms with Crippen LogP contribution < -0.4 is 0 Å². The van der Waals surface area contributed by atoms with Gasteiger partial charge in [-0.2, -0.15) is 0 Å². The molecule has 0 radical (unpaired) electrons. The molecule has 0 aromatic heterocycles. The molecule has 0 saturated carbocycles. The molecule has 0 atom stereocenters. The number of carbonyl (C=O) groups is 1. The Labute approximate surface area is 107 Å². The number of hydrogen-bond donors (Lipinski definition) is 0. The van der Waals surface area contributed by atoms with Gasteiger partial charge in [0.15, 0.2) is 0 Å². The zero-order chi connectivity index (χ0) is 13.9. The van der Waals surface area contributed by atoms with E-state index in [1.165, 1.54) is 6.92 Å². The van der Waals surface area contributed by atoms with Crippen LogP contribution in [0.3, 0.4) is 0 Å². The summed E-state index contributed by atoms with van der Waals surface area (Å²) in [6.07, 6.45) is 1.88. The van der Waals surface area contributed by atoms with E-state index < -0.39 is 0 Å². The van der Waals surface area contributed by atoms with Gasteiger partial charge in [-0.1, -0.05) is 13.8 Å². The fraction of sp³-hybridized carbons (Fsp3) is 0.929. The van der Waals surface area contributed by atoms with Crippen LogP contribution in [0.1, 0.15) is 61.3 Å². The van der Waals surface area contributed by atoms with Crippen LogP contribution in [-0.2, 0) is 9.53 Å². The SMILES string of the molecule is CC.CC(=O)OC1CC(C)(C)N(C)C(C)(C)C1. The summed E-state index contributed by atoms with van der Waals surface area (Å²) >= 11 is 0. The molecule has 0 aliphatic carbocycles. The molecule has 3 heteroatoms. The third-order valence-corrected chi connectivity index (χ3v) is 3.60. The fourth-order valence-corrected chi connectivity index (χ4v) is 2.60. The van der Waals surface area contributed by atoms with Crippen molar-refractivity contribution >= 4 is 5.97 Å². The average Bonchev–Trinajstić information content (AvgIpc) is 2.15. The smallest absolute Gasteiger partial charge is 0.302 e. The maximum atomic E-state index is 11.0. The minimum Gasteiger partial charge on any atom is -0.462 e. The summed E-state index contributed by atoms with van der Waals surface area (Å²) < 4.78 is 5.35. The molecule has 1 aliphatic rings. The van der Waals surface area contributed by atoms with Crippen molar-refractivity contribution in [3.63, 3.8) is 0 Å². The summed E-state index contributed by atoms with van der Waals surface area (Å²) in [4.78, 5) is 13.4. The second-order valence-electron chi connectivity index (χ2n) is 5.82. The van der Waals surface area contributed by atoms with Crippen LogP contribution in [0, 0.1) is 0 Å². The van der Waals surface area contributed by atoms with Crippen LogP contribution in [0.25, 0.3) is 0 Å². The number of esters is 1. The molecule has 17 heavy (non-hydrogen) atoms. The number of piperidine rings is 1. The number of rotatable bonds is 1. The highest BCUT2D eigenvalue weighted by Gasteiger charge is 2.44. The lowest BCUT2D eigenvalue weighted by Crippen LogP contribution is -2.60. The Morgan fingerprint density at radius 3 is 1.76 bits per heavy atom. The lowest BCUT2D eigenvalue weighted by molar-refractivity contribution is -0.156. The summed E-state index contributed by atoms with van der Waals surface area (Å²) in [6, 6.07) is 0. The van der Waals surface area contributed by atoms with Gasteiger partial charge in [-0.05, 0) is 34.7 Å². The number of nitrogens with zero attached hydrogens (tertiary/aromatic N) is 1. The van der Waals surface area contributed by atoms with E-state index >= 15 is 0 Å². The molecule has 1 fully saturated rings. The highest BCUT2D eigenvalue weighted by molar-refractivity contribution is 5.66. The van der Waals surface area contributed by atoms with E-state index in [1.807, 2.05) is 13.8 Å². The fourth-order valence-electron chi connectivity index (χ4n) is 2.60. The van der Waals surface area contributed by atoms with Crippen LogP contribution in [0.15, 0.2) is 0 Å². The van der Waals surface area contributed by atoms with Crippen LogP contribution in [0.4, 0.5) is 0 Å². The quantitative estimate of drug-likeness (QED) is 0.662. The lowest BCUT2D eigenvalue weighted by Gasteiger charge is -2.53. The Balaban J connectivity index is 0.00000121. The molecule has 1 aliphatic heterocycles. The van der Waals surface area contributed by atoms with E-state index in [-0.39, 0.29) is 23.2 Å². The second kappa shape index (κ2) is 5.85. The zero-order valence-corrected chi connectivity index (χ0v) is 12.8. The summed E-state index contributed by atoms with van der Waals surface area (Å²) in [5.74, 6) is -0.170. The third kappa shape index (κ3) is 4.30. The topological polar surface area (TPSA) is 29.5 Å². The van der Waals surface area contributed by atoms with E-state index in [9.17, 15) is 4.79 Å². The average molecular weight is 243 g/mol. The van der Waals surface area contributed by atoms with Crippen molar-refractivity contribution in [1.29, 1.82) is 0 Å². The molecule has 102 valence electrons. The molecular formula is C14H29NO2. The van der Waals surface area contributed by atoms with Crippen LogP contribution in [-0.4, -0.2) is 35.1 Å². The van der Waals surface area contributed by atoms with Crippen molar-refractivity contribution in [2.24, 2.45) is 0 Å². The Bertz CT molecular complexity index is 241. The number of carbonyl (C=O) groups excluding carboxylic acids is 1. The molecule has 0 amide bonds. The van der Waals surface area contributed by atoms with Crippen molar-refractivity contribution in [2.45, 2.75) is 78.5 Å². The van der Waals surface area contributed by atoms with Crippen molar-refractivity contribution in [3.8, 4) is 0 Å². The second-order valence-corrected chi connectivity index (χ2v) is 5.82. The molecular weight excluding hydrogens is 214 g/mol. The molecule has 1 heterocycles. The van der Waals surface area contributed by atoms with Crippen molar-refractivity contribution in [3.05, 3.63) is 0 Å². The predicted molar refractivity (Wildman–Crippen MR) is 72.1 cm³/mol. The van der Waals surface area contributed by atoms with Crippen molar-refractivity contribution in [1.82, 2.24) is 4.90 Å². The van der Waals surface area contributed by atoms with Crippen LogP contribution in [0.5, 0.6) is 0 Å². The first-order valence-electron chi connectivity index (χ1n) is 6.56. The van der Waals surface area contributed by atoms with E-state index in [1.54, 1.807) is 0 Å². The van der Waals surface area contributed by atoms with Crippen LogP contribution >= 0.6 is 0 Å². The largest absolute Gasteiger partial charge is 0.462 e. The highest BCUT2D eigenvalue weighted by Crippen LogP contribution is 2.37.